The normalized spacial score (nSPS) is 24.1. The van der Waals surface area contributed by atoms with Gasteiger partial charge in [-0.3, -0.25) is 9.59 Å². The monoisotopic (exact) mass is 221 g/mol. The Morgan fingerprint density at radius 1 is 1.25 bits per heavy atom. The van der Waals surface area contributed by atoms with Crippen molar-refractivity contribution in [1.29, 1.82) is 0 Å². The van der Waals surface area contributed by atoms with Crippen LogP contribution in [0.1, 0.15) is 32.6 Å². The number of allylic oxidation sites excluding steroid dienone is 4. The molecule has 0 saturated heterocycles. The van der Waals surface area contributed by atoms with Crippen LogP contribution in [0.4, 0.5) is 0 Å². The molecule has 0 aromatic carbocycles. The number of carbonyl (C=O) groups excluding carboxylic acids is 2. The molecule has 0 bridgehead atoms. The zero-order valence-corrected chi connectivity index (χ0v) is 9.69. The van der Waals surface area contributed by atoms with Gasteiger partial charge in [0, 0.05) is 18.3 Å². The van der Waals surface area contributed by atoms with Gasteiger partial charge in [-0.1, -0.05) is 24.3 Å². The van der Waals surface area contributed by atoms with Gasteiger partial charge in [0.25, 0.3) is 0 Å². The Labute approximate surface area is 96.4 Å². The predicted octanol–water partition coefficient (Wildman–Crippen LogP) is 1.98. The zero-order chi connectivity index (χ0) is 12.0. The third kappa shape index (κ3) is 4.01. The number of hydrogen-bond acceptors (Lipinski definition) is 2. The minimum absolute atomic E-state index is 0.0820. The Morgan fingerprint density at radius 3 is 2.56 bits per heavy atom. The second-order valence-electron chi connectivity index (χ2n) is 4.13. The quantitative estimate of drug-likeness (QED) is 0.668. The van der Waals surface area contributed by atoms with Crippen molar-refractivity contribution < 1.29 is 9.59 Å². The summed E-state index contributed by atoms with van der Waals surface area (Å²) in [6, 6.07) is 0. The van der Waals surface area contributed by atoms with Crippen molar-refractivity contribution in [2.24, 2.45) is 17.6 Å². The standard InChI is InChI=1S/C13H19NO2/c1-2-3-4-5-6-7-8-12(15)10-9-11(10)13(14)16/h2-3,5-6,10-11H,4,7-9H2,1H3,(H2,14,16). The molecule has 0 radical (unpaired) electrons. The fourth-order valence-corrected chi connectivity index (χ4v) is 1.71. The second kappa shape index (κ2) is 6.26. The molecule has 3 nitrogen and oxygen atoms in total. The first kappa shape index (κ1) is 12.7. The van der Waals surface area contributed by atoms with E-state index in [0.717, 1.165) is 12.8 Å². The van der Waals surface area contributed by atoms with Gasteiger partial charge in [-0.25, -0.2) is 0 Å². The van der Waals surface area contributed by atoms with Crippen LogP contribution >= 0.6 is 0 Å². The largest absolute Gasteiger partial charge is 0.369 e. The van der Waals surface area contributed by atoms with E-state index in [1.54, 1.807) is 0 Å². The fourth-order valence-electron chi connectivity index (χ4n) is 1.71. The van der Waals surface area contributed by atoms with E-state index in [0.29, 0.717) is 12.8 Å². The van der Waals surface area contributed by atoms with Gasteiger partial charge in [-0.15, -0.1) is 0 Å². The smallest absolute Gasteiger partial charge is 0.221 e. The fraction of sp³-hybridized carbons (Fsp3) is 0.538. The summed E-state index contributed by atoms with van der Waals surface area (Å²) in [6.45, 7) is 1.98. The van der Waals surface area contributed by atoms with E-state index in [2.05, 4.69) is 6.08 Å². The average molecular weight is 221 g/mol. The topological polar surface area (TPSA) is 60.2 Å². The summed E-state index contributed by atoms with van der Waals surface area (Å²) in [6.07, 6.45) is 11.0. The highest BCUT2D eigenvalue weighted by atomic mass is 16.1. The number of primary amides is 1. The molecule has 1 rings (SSSR count). The van der Waals surface area contributed by atoms with Crippen LogP contribution in [-0.2, 0) is 9.59 Å². The van der Waals surface area contributed by atoms with Crippen molar-refractivity contribution in [2.75, 3.05) is 0 Å². The van der Waals surface area contributed by atoms with Gasteiger partial charge in [0.05, 0.1) is 0 Å². The number of hydrogen-bond donors (Lipinski definition) is 1. The van der Waals surface area contributed by atoms with Crippen LogP contribution < -0.4 is 5.73 Å². The molecule has 0 aromatic rings. The van der Waals surface area contributed by atoms with Crippen LogP contribution in [0.25, 0.3) is 0 Å². The van der Waals surface area contributed by atoms with Crippen LogP contribution in [0.2, 0.25) is 0 Å². The molecule has 2 unspecified atom stereocenters. The van der Waals surface area contributed by atoms with E-state index in [1.165, 1.54) is 0 Å². The molecule has 88 valence electrons. The Balaban J connectivity index is 2.12. The van der Waals surface area contributed by atoms with Gasteiger partial charge in [0.1, 0.15) is 5.78 Å². The maximum atomic E-state index is 11.6. The number of carbonyl (C=O) groups is 2. The molecule has 1 amide bonds. The van der Waals surface area contributed by atoms with Gasteiger partial charge in [0.2, 0.25) is 5.91 Å². The van der Waals surface area contributed by atoms with Crippen molar-refractivity contribution in [3.8, 4) is 0 Å². The van der Waals surface area contributed by atoms with Crippen LogP contribution in [0.5, 0.6) is 0 Å². The van der Waals surface area contributed by atoms with E-state index in [4.69, 9.17) is 5.73 Å². The lowest BCUT2D eigenvalue weighted by Gasteiger charge is -1.95. The van der Waals surface area contributed by atoms with Gasteiger partial charge in [-0.2, -0.15) is 0 Å². The summed E-state index contributed by atoms with van der Waals surface area (Å²) in [5.41, 5.74) is 5.12. The van der Waals surface area contributed by atoms with E-state index in [-0.39, 0.29) is 23.5 Å². The number of ketones is 1. The molecular weight excluding hydrogens is 202 g/mol. The molecule has 16 heavy (non-hydrogen) atoms. The summed E-state index contributed by atoms with van der Waals surface area (Å²) in [7, 11) is 0. The number of nitrogens with two attached hydrogens (primary N) is 1. The first-order chi connectivity index (χ1) is 7.66. The predicted molar refractivity (Wildman–Crippen MR) is 63.6 cm³/mol. The van der Waals surface area contributed by atoms with Gasteiger partial charge >= 0.3 is 0 Å². The van der Waals surface area contributed by atoms with Crippen LogP contribution in [0.15, 0.2) is 24.3 Å². The maximum absolute atomic E-state index is 11.6. The van der Waals surface area contributed by atoms with Crippen molar-refractivity contribution in [3.05, 3.63) is 24.3 Å². The minimum Gasteiger partial charge on any atom is -0.369 e. The van der Waals surface area contributed by atoms with Crippen LogP contribution in [0, 0.1) is 11.8 Å². The highest BCUT2D eigenvalue weighted by Gasteiger charge is 2.45. The first-order valence-corrected chi connectivity index (χ1v) is 5.75. The van der Waals surface area contributed by atoms with Crippen LogP contribution in [0.3, 0.4) is 0 Å². The summed E-state index contributed by atoms with van der Waals surface area (Å²) in [5.74, 6) is -0.414. The molecule has 1 saturated carbocycles. The number of rotatable bonds is 7. The molecule has 0 aromatic heterocycles. The Morgan fingerprint density at radius 2 is 2.00 bits per heavy atom. The van der Waals surface area contributed by atoms with Gasteiger partial charge < -0.3 is 5.73 Å². The molecule has 1 aliphatic carbocycles. The van der Waals surface area contributed by atoms with Gasteiger partial charge in [-0.05, 0) is 26.2 Å². The zero-order valence-electron chi connectivity index (χ0n) is 9.69. The van der Waals surface area contributed by atoms with Crippen molar-refractivity contribution in [2.45, 2.75) is 32.6 Å². The lowest BCUT2D eigenvalue weighted by Crippen LogP contribution is -2.16. The van der Waals surface area contributed by atoms with Crippen molar-refractivity contribution >= 4 is 11.7 Å². The molecule has 2 atom stereocenters. The number of amides is 1. The molecule has 0 heterocycles. The Kier molecular flexibility index (Phi) is 4.96. The molecule has 2 N–H and O–H groups in total. The van der Waals surface area contributed by atoms with E-state index < -0.39 is 0 Å². The first-order valence-electron chi connectivity index (χ1n) is 5.75. The maximum Gasteiger partial charge on any atom is 0.221 e. The van der Waals surface area contributed by atoms with Gasteiger partial charge in [0.15, 0.2) is 0 Å². The third-order valence-corrected chi connectivity index (χ3v) is 2.80. The highest BCUT2D eigenvalue weighted by molar-refractivity contribution is 5.92. The Bertz CT molecular complexity index is 318. The highest BCUT2D eigenvalue weighted by Crippen LogP contribution is 2.39. The average Bonchev–Trinajstić information content (AvgIpc) is 3.02. The summed E-state index contributed by atoms with van der Waals surface area (Å²) in [5, 5.41) is 0. The Hall–Kier alpha value is -1.38. The van der Waals surface area contributed by atoms with E-state index >= 15 is 0 Å². The summed E-state index contributed by atoms with van der Waals surface area (Å²) in [4.78, 5) is 22.3. The lowest BCUT2D eigenvalue weighted by molar-refractivity contribution is -0.124. The second-order valence-corrected chi connectivity index (χ2v) is 4.13. The molecule has 0 spiro atoms. The number of Topliss-reactive ketones (excluding diaryl/α,β-unsaturated/α-hetero) is 1. The van der Waals surface area contributed by atoms with E-state index in [1.807, 2.05) is 25.2 Å². The van der Waals surface area contributed by atoms with Crippen molar-refractivity contribution in [3.63, 3.8) is 0 Å². The third-order valence-electron chi connectivity index (χ3n) is 2.80. The van der Waals surface area contributed by atoms with E-state index in [9.17, 15) is 9.59 Å². The lowest BCUT2D eigenvalue weighted by atomic mass is 10.1. The molecular formula is C13H19NO2. The SMILES string of the molecule is CC=CCC=CCCC(=O)C1CC1C(N)=O. The molecule has 1 aliphatic rings. The minimum atomic E-state index is -0.332. The van der Waals surface area contributed by atoms with Crippen molar-refractivity contribution in [1.82, 2.24) is 0 Å². The molecule has 0 aliphatic heterocycles. The van der Waals surface area contributed by atoms with Crippen LogP contribution in [-0.4, -0.2) is 11.7 Å². The summed E-state index contributed by atoms with van der Waals surface area (Å²) < 4.78 is 0. The molecule has 1 fully saturated rings. The summed E-state index contributed by atoms with van der Waals surface area (Å²) >= 11 is 0. The molecule has 3 heteroatoms.